The van der Waals surface area contributed by atoms with E-state index in [2.05, 4.69) is 10.5 Å². The van der Waals surface area contributed by atoms with Crippen molar-refractivity contribution >= 4 is 11.7 Å². The summed E-state index contributed by atoms with van der Waals surface area (Å²) in [5, 5.41) is 11.6. The molecule has 0 aliphatic heterocycles. The average Bonchev–Trinajstić information content (AvgIpc) is 3.26. The Morgan fingerprint density at radius 1 is 1.00 bits per heavy atom. The Bertz CT molecular complexity index is 1120. The predicted octanol–water partition coefficient (Wildman–Crippen LogP) is 4.70. The minimum Gasteiger partial charge on any atom is -0.361 e. The second-order valence-electron chi connectivity index (χ2n) is 6.63. The van der Waals surface area contributed by atoms with Gasteiger partial charge in [-0.25, -0.2) is 4.68 Å². The lowest BCUT2D eigenvalue weighted by Crippen LogP contribution is -2.16. The lowest BCUT2D eigenvalue weighted by atomic mass is 10.1. The van der Waals surface area contributed by atoms with Crippen LogP contribution in [0.2, 0.25) is 0 Å². The third-order valence-corrected chi connectivity index (χ3v) is 4.62. The number of nitrogens with zero attached hydrogens (tertiary/aromatic N) is 3. The summed E-state index contributed by atoms with van der Waals surface area (Å²) in [6.45, 7) is 5.49. The van der Waals surface area contributed by atoms with E-state index in [9.17, 15) is 4.79 Å². The molecule has 0 saturated carbocycles. The first kappa shape index (κ1) is 17.7. The maximum absolute atomic E-state index is 12.9. The van der Waals surface area contributed by atoms with Crippen molar-refractivity contribution in [3.8, 4) is 16.9 Å². The van der Waals surface area contributed by atoms with E-state index in [0.717, 1.165) is 22.5 Å². The Labute approximate surface area is 162 Å². The SMILES string of the molecule is Cc1ccccc1-n1nc(-c2ccccc2)cc1NC(=O)c1c(C)noc1C. The number of carbonyl (C=O) groups excluding carboxylic acids is 1. The van der Waals surface area contributed by atoms with Crippen LogP contribution in [-0.2, 0) is 0 Å². The third kappa shape index (κ3) is 3.20. The molecule has 0 radical (unpaired) electrons. The quantitative estimate of drug-likeness (QED) is 0.563. The highest BCUT2D eigenvalue weighted by molar-refractivity contribution is 6.05. The minimum atomic E-state index is -0.273. The summed E-state index contributed by atoms with van der Waals surface area (Å²) in [6, 6.07) is 19.7. The maximum atomic E-state index is 12.9. The average molecular weight is 372 g/mol. The van der Waals surface area contributed by atoms with Crippen LogP contribution in [0.3, 0.4) is 0 Å². The fourth-order valence-electron chi connectivity index (χ4n) is 3.19. The molecule has 6 heteroatoms. The van der Waals surface area contributed by atoms with Gasteiger partial charge in [0.25, 0.3) is 5.91 Å². The van der Waals surface area contributed by atoms with Crippen LogP contribution >= 0.6 is 0 Å². The van der Waals surface area contributed by atoms with Gasteiger partial charge in [-0.2, -0.15) is 5.10 Å². The normalized spacial score (nSPS) is 10.8. The molecule has 1 N–H and O–H groups in total. The fraction of sp³-hybridized carbons (Fsp3) is 0.136. The molecule has 140 valence electrons. The summed E-state index contributed by atoms with van der Waals surface area (Å²) in [4.78, 5) is 12.9. The number of rotatable bonds is 4. The second kappa shape index (κ2) is 7.15. The molecule has 0 bridgehead atoms. The van der Waals surface area contributed by atoms with E-state index in [-0.39, 0.29) is 5.91 Å². The Hall–Kier alpha value is -3.67. The number of anilines is 1. The van der Waals surface area contributed by atoms with Crippen molar-refractivity contribution in [2.24, 2.45) is 0 Å². The summed E-state index contributed by atoms with van der Waals surface area (Å²) < 4.78 is 6.89. The Morgan fingerprint density at radius 3 is 2.39 bits per heavy atom. The van der Waals surface area contributed by atoms with E-state index >= 15 is 0 Å². The van der Waals surface area contributed by atoms with Crippen LogP contribution < -0.4 is 5.32 Å². The van der Waals surface area contributed by atoms with Crippen molar-refractivity contribution in [3.05, 3.63) is 83.2 Å². The highest BCUT2D eigenvalue weighted by Gasteiger charge is 2.21. The van der Waals surface area contributed by atoms with Gasteiger partial charge in [0.2, 0.25) is 0 Å². The zero-order valence-corrected chi connectivity index (χ0v) is 15.9. The van der Waals surface area contributed by atoms with Gasteiger partial charge in [-0.3, -0.25) is 4.79 Å². The Balaban J connectivity index is 1.80. The molecule has 0 saturated heterocycles. The van der Waals surface area contributed by atoms with E-state index in [1.165, 1.54) is 0 Å². The van der Waals surface area contributed by atoms with Gasteiger partial charge in [0.15, 0.2) is 0 Å². The van der Waals surface area contributed by atoms with Crippen LogP contribution in [0.4, 0.5) is 5.82 Å². The molecular formula is C22H20N4O2. The molecular weight excluding hydrogens is 352 g/mol. The van der Waals surface area contributed by atoms with Crippen molar-refractivity contribution in [1.82, 2.24) is 14.9 Å². The molecule has 0 aliphatic rings. The molecule has 0 aliphatic carbocycles. The van der Waals surface area contributed by atoms with Gasteiger partial charge < -0.3 is 9.84 Å². The first-order valence-electron chi connectivity index (χ1n) is 9.00. The molecule has 4 aromatic rings. The summed E-state index contributed by atoms with van der Waals surface area (Å²) in [5.41, 5.74) is 4.71. The van der Waals surface area contributed by atoms with Gasteiger partial charge in [-0.15, -0.1) is 0 Å². The van der Waals surface area contributed by atoms with Gasteiger partial charge >= 0.3 is 0 Å². The van der Waals surface area contributed by atoms with E-state index in [1.807, 2.05) is 67.6 Å². The van der Waals surface area contributed by atoms with Crippen LogP contribution in [-0.4, -0.2) is 20.8 Å². The number of nitrogens with one attached hydrogen (secondary N) is 1. The van der Waals surface area contributed by atoms with Gasteiger partial charge in [0, 0.05) is 11.6 Å². The first-order chi connectivity index (χ1) is 13.5. The smallest absolute Gasteiger partial charge is 0.262 e. The van der Waals surface area contributed by atoms with Gasteiger partial charge in [-0.05, 0) is 32.4 Å². The number of hydrogen-bond donors (Lipinski definition) is 1. The third-order valence-electron chi connectivity index (χ3n) is 4.62. The summed E-state index contributed by atoms with van der Waals surface area (Å²) in [7, 11) is 0. The van der Waals surface area contributed by atoms with Crippen molar-refractivity contribution in [2.75, 3.05) is 5.32 Å². The molecule has 6 nitrogen and oxygen atoms in total. The summed E-state index contributed by atoms with van der Waals surface area (Å²) in [5.74, 6) is 0.795. The Morgan fingerprint density at radius 2 is 1.71 bits per heavy atom. The number of amides is 1. The number of benzene rings is 2. The number of aromatic nitrogens is 3. The van der Waals surface area contributed by atoms with E-state index < -0.39 is 0 Å². The molecule has 2 aromatic heterocycles. The van der Waals surface area contributed by atoms with Crippen molar-refractivity contribution in [2.45, 2.75) is 20.8 Å². The van der Waals surface area contributed by atoms with Crippen LogP contribution in [0, 0.1) is 20.8 Å². The van der Waals surface area contributed by atoms with Crippen LogP contribution in [0.1, 0.15) is 27.4 Å². The van der Waals surface area contributed by atoms with Crippen molar-refractivity contribution in [1.29, 1.82) is 0 Å². The second-order valence-corrected chi connectivity index (χ2v) is 6.63. The van der Waals surface area contributed by atoms with Gasteiger partial charge in [0.05, 0.1) is 17.1 Å². The zero-order valence-electron chi connectivity index (χ0n) is 15.9. The standard InChI is InChI=1S/C22H20N4O2/c1-14-9-7-8-12-19(14)26-20(13-18(24-26)17-10-5-4-6-11-17)23-22(27)21-15(2)25-28-16(21)3/h4-13H,1-3H3,(H,23,27). The van der Waals surface area contributed by atoms with Gasteiger partial charge in [0.1, 0.15) is 17.1 Å². The predicted molar refractivity (Wildman–Crippen MR) is 108 cm³/mol. The van der Waals surface area contributed by atoms with E-state index in [1.54, 1.807) is 18.5 Å². The number of aryl methyl sites for hydroxylation is 3. The molecule has 28 heavy (non-hydrogen) atoms. The van der Waals surface area contributed by atoms with Crippen molar-refractivity contribution < 1.29 is 9.32 Å². The summed E-state index contributed by atoms with van der Waals surface area (Å²) >= 11 is 0. The van der Waals surface area contributed by atoms with Crippen molar-refractivity contribution in [3.63, 3.8) is 0 Å². The minimum absolute atomic E-state index is 0.273. The van der Waals surface area contributed by atoms with Crippen LogP contribution in [0.15, 0.2) is 65.2 Å². The molecule has 2 heterocycles. The number of carbonyl (C=O) groups is 1. The highest BCUT2D eigenvalue weighted by atomic mass is 16.5. The molecule has 0 atom stereocenters. The molecule has 0 fully saturated rings. The zero-order chi connectivity index (χ0) is 19.7. The van der Waals surface area contributed by atoms with E-state index in [4.69, 9.17) is 9.62 Å². The van der Waals surface area contributed by atoms with Crippen LogP contribution in [0.5, 0.6) is 0 Å². The first-order valence-corrected chi connectivity index (χ1v) is 9.00. The molecule has 2 aromatic carbocycles. The van der Waals surface area contributed by atoms with E-state index in [0.29, 0.717) is 22.8 Å². The largest absolute Gasteiger partial charge is 0.361 e. The molecule has 1 amide bonds. The monoisotopic (exact) mass is 372 g/mol. The highest BCUT2D eigenvalue weighted by Crippen LogP contribution is 2.27. The van der Waals surface area contributed by atoms with Crippen LogP contribution in [0.25, 0.3) is 16.9 Å². The molecule has 0 spiro atoms. The lowest BCUT2D eigenvalue weighted by Gasteiger charge is -2.11. The number of para-hydroxylation sites is 1. The Kier molecular flexibility index (Phi) is 4.53. The topological polar surface area (TPSA) is 73.0 Å². The fourth-order valence-corrected chi connectivity index (χ4v) is 3.19. The molecule has 0 unspecified atom stereocenters. The number of hydrogen-bond acceptors (Lipinski definition) is 4. The summed E-state index contributed by atoms with van der Waals surface area (Å²) in [6.07, 6.45) is 0. The lowest BCUT2D eigenvalue weighted by molar-refractivity contribution is 0.102. The maximum Gasteiger partial charge on any atom is 0.262 e. The molecule has 4 rings (SSSR count). The van der Waals surface area contributed by atoms with Gasteiger partial charge in [-0.1, -0.05) is 53.7 Å².